The number of rotatable bonds is 3. The Morgan fingerprint density at radius 3 is 2.79 bits per heavy atom. The highest BCUT2D eigenvalue weighted by atomic mass is 16.2. The fraction of sp³-hybridized carbons (Fsp3) is 0.692. The number of nitrogens with zero attached hydrogens (tertiary/aromatic N) is 4. The molecule has 1 amide bonds. The van der Waals surface area contributed by atoms with E-state index in [9.17, 15) is 4.79 Å². The zero-order valence-electron chi connectivity index (χ0n) is 11.7. The Morgan fingerprint density at radius 1 is 1.42 bits per heavy atom. The van der Waals surface area contributed by atoms with E-state index in [2.05, 4.69) is 10.00 Å². The van der Waals surface area contributed by atoms with Gasteiger partial charge in [0.2, 0.25) is 5.91 Å². The summed E-state index contributed by atoms with van der Waals surface area (Å²) in [5.41, 5.74) is 7.09. The molecule has 2 N–H and O–H groups in total. The largest absolute Gasteiger partial charge is 0.342 e. The Labute approximate surface area is 114 Å². The van der Waals surface area contributed by atoms with Crippen molar-refractivity contribution >= 4 is 5.91 Å². The zero-order chi connectivity index (χ0) is 13.8. The molecule has 6 heteroatoms. The molecular formula is C13H23N5O. The standard InChI is InChI=1S/C13H23N5O/c1-11(19)17-4-3-5-18(7-6-17)13(8-14)12-9-15-16(2)10-12/h9-10,13H,3-8,14H2,1-2H3. The molecule has 1 fully saturated rings. The van der Waals surface area contributed by atoms with Crippen molar-refractivity contribution in [2.45, 2.75) is 19.4 Å². The number of hydrogen-bond acceptors (Lipinski definition) is 4. The lowest BCUT2D eigenvalue weighted by molar-refractivity contribution is -0.128. The van der Waals surface area contributed by atoms with Crippen LogP contribution in [0.1, 0.15) is 24.9 Å². The quantitative estimate of drug-likeness (QED) is 0.833. The van der Waals surface area contributed by atoms with Crippen LogP contribution in [-0.4, -0.2) is 58.2 Å². The number of aryl methyl sites for hydroxylation is 1. The third-order valence-corrected chi connectivity index (χ3v) is 3.75. The Hall–Kier alpha value is -1.40. The van der Waals surface area contributed by atoms with Crippen LogP contribution in [0.5, 0.6) is 0 Å². The summed E-state index contributed by atoms with van der Waals surface area (Å²) >= 11 is 0. The van der Waals surface area contributed by atoms with Crippen LogP contribution in [0, 0.1) is 0 Å². The van der Waals surface area contributed by atoms with Crippen LogP contribution in [0.3, 0.4) is 0 Å². The van der Waals surface area contributed by atoms with Gasteiger partial charge in [0, 0.05) is 58.5 Å². The molecule has 1 aliphatic rings. The van der Waals surface area contributed by atoms with Gasteiger partial charge in [-0.3, -0.25) is 14.4 Å². The topological polar surface area (TPSA) is 67.4 Å². The minimum atomic E-state index is 0.160. The third kappa shape index (κ3) is 3.33. The second kappa shape index (κ2) is 6.16. The second-order valence-electron chi connectivity index (χ2n) is 5.09. The number of carbonyl (C=O) groups is 1. The Kier molecular flexibility index (Phi) is 4.55. The van der Waals surface area contributed by atoms with Crippen molar-refractivity contribution in [1.82, 2.24) is 19.6 Å². The van der Waals surface area contributed by atoms with Crippen LogP contribution < -0.4 is 5.73 Å². The van der Waals surface area contributed by atoms with E-state index in [0.717, 1.165) is 38.2 Å². The molecular weight excluding hydrogens is 242 g/mol. The number of aromatic nitrogens is 2. The molecule has 0 aliphatic carbocycles. The van der Waals surface area contributed by atoms with Gasteiger partial charge in [-0.15, -0.1) is 0 Å². The molecule has 1 aromatic rings. The van der Waals surface area contributed by atoms with Crippen LogP contribution in [0.4, 0.5) is 0 Å². The molecule has 2 rings (SSSR count). The molecule has 2 heterocycles. The maximum Gasteiger partial charge on any atom is 0.219 e. The highest BCUT2D eigenvalue weighted by Gasteiger charge is 2.24. The van der Waals surface area contributed by atoms with Crippen molar-refractivity contribution in [3.63, 3.8) is 0 Å². The molecule has 19 heavy (non-hydrogen) atoms. The summed E-state index contributed by atoms with van der Waals surface area (Å²) in [6.07, 6.45) is 4.90. The maximum atomic E-state index is 11.4. The van der Waals surface area contributed by atoms with Crippen molar-refractivity contribution in [2.24, 2.45) is 12.8 Å². The number of carbonyl (C=O) groups excluding carboxylic acids is 1. The van der Waals surface area contributed by atoms with Gasteiger partial charge in [-0.05, 0) is 6.42 Å². The van der Waals surface area contributed by atoms with Crippen LogP contribution in [0.2, 0.25) is 0 Å². The van der Waals surface area contributed by atoms with E-state index >= 15 is 0 Å². The van der Waals surface area contributed by atoms with Crippen molar-refractivity contribution in [1.29, 1.82) is 0 Å². The smallest absolute Gasteiger partial charge is 0.219 e. The molecule has 0 bridgehead atoms. The fourth-order valence-corrected chi connectivity index (χ4v) is 2.67. The van der Waals surface area contributed by atoms with Gasteiger partial charge < -0.3 is 10.6 Å². The maximum absolute atomic E-state index is 11.4. The first kappa shape index (κ1) is 14.0. The minimum absolute atomic E-state index is 0.160. The number of nitrogens with two attached hydrogens (primary N) is 1. The molecule has 1 saturated heterocycles. The lowest BCUT2D eigenvalue weighted by Gasteiger charge is -2.28. The minimum Gasteiger partial charge on any atom is -0.342 e. The predicted molar refractivity (Wildman–Crippen MR) is 73.4 cm³/mol. The van der Waals surface area contributed by atoms with Crippen LogP contribution >= 0.6 is 0 Å². The molecule has 0 radical (unpaired) electrons. The van der Waals surface area contributed by atoms with Crippen molar-refractivity contribution in [3.05, 3.63) is 18.0 Å². The molecule has 1 atom stereocenters. The highest BCUT2D eigenvalue weighted by molar-refractivity contribution is 5.73. The molecule has 106 valence electrons. The van der Waals surface area contributed by atoms with Gasteiger partial charge >= 0.3 is 0 Å². The molecule has 0 saturated carbocycles. The third-order valence-electron chi connectivity index (χ3n) is 3.75. The van der Waals surface area contributed by atoms with E-state index in [0.29, 0.717) is 6.54 Å². The van der Waals surface area contributed by atoms with Crippen LogP contribution in [0.15, 0.2) is 12.4 Å². The lowest BCUT2D eigenvalue weighted by atomic mass is 10.1. The summed E-state index contributed by atoms with van der Waals surface area (Å²) < 4.78 is 1.80. The van der Waals surface area contributed by atoms with E-state index in [-0.39, 0.29) is 11.9 Å². The van der Waals surface area contributed by atoms with E-state index in [1.807, 2.05) is 24.3 Å². The molecule has 0 aromatic carbocycles. The van der Waals surface area contributed by atoms with E-state index in [1.54, 1.807) is 11.6 Å². The van der Waals surface area contributed by atoms with Gasteiger partial charge in [0.25, 0.3) is 0 Å². The number of amides is 1. The first-order chi connectivity index (χ1) is 9.11. The Bertz CT molecular complexity index is 430. The summed E-state index contributed by atoms with van der Waals surface area (Å²) in [6, 6.07) is 0.195. The van der Waals surface area contributed by atoms with Crippen LogP contribution in [0.25, 0.3) is 0 Å². The van der Waals surface area contributed by atoms with Crippen molar-refractivity contribution in [3.8, 4) is 0 Å². The Balaban J connectivity index is 2.05. The summed E-state index contributed by atoms with van der Waals surface area (Å²) in [7, 11) is 1.91. The molecule has 1 unspecified atom stereocenters. The predicted octanol–water partition coefficient (Wildman–Crippen LogP) is -0.0259. The average molecular weight is 265 g/mol. The summed E-state index contributed by atoms with van der Waals surface area (Å²) in [5.74, 6) is 0.160. The SMILES string of the molecule is CC(=O)N1CCCN(C(CN)c2cnn(C)c2)CC1. The summed E-state index contributed by atoms with van der Waals surface area (Å²) in [5, 5.41) is 4.22. The zero-order valence-corrected chi connectivity index (χ0v) is 11.7. The average Bonchev–Trinajstić information content (AvgIpc) is 2.65. The van der Waals surface area contributed by atoms with Gasteiger partial charge in [0.15, 0.2) is 0 Å². The van der Waals surface area contributed by atoms with E-state index in [4.69, 9.17) is 5.73 Å². The molecule has 1 aromatic heterocycles. The summed E-state index contributed by atoms with van der Waals surface area (Å²) in [6.45, 7) is 5.68. The first-order valence-electron chi connectivity index (χ1n) is 6.80. The van der Waals surface area contributed by atoms with E-state index in [1.165, 1.54) is 0 Å². The van der Waals surface area contributed by atoms with Gasteiger partial charge in [-0.2, -0.15) is 5.10 Å². The van der Waals surface area contributed by atoms with E-state index < -0.39 is 0 Å². The normalized spacial score (nSPS) is 19.2. The molecule has 6 nitrogen and oxygen atoms in total. The van der Waals surface area contributed by atoms with Crippen molar-refractivity contribution in [2.75, 3.05) is 32.7 Å². The Morgan fingerprint density at radius 2 is 2.21 bits per heavy atom. The monoisotopic (exact) mass is 265 g/mol. The van der Waals surface area contributed by atoms with Gasteiger partial charge in [0.1, 0.15) is 0 Å². The highest BCUT2D eigenvalue weighted by Crippen LogP contribution is 2.20. The molecule has 1 aliphatic heterocycles. The van der Waals surface area contributed by atoms with Gasteiger partial charge in [-0.1, -0.05) is 0 Å². The van der Waals surface area contributed by atoms with Gasteiger partial charge in [-0.25, -0.2) is 0 Å². The van der Waals surface area contributed by atoms with Crippen molar-refractivity contribution < 1.29 is 4.79 Å². The second-order valence-corrected chi connectivity index (χ2v) is 5.09. The van der Waals surface area contributed by atoms with Crippen LogP contribution in [-0.2, 0) is 11.8 Å². The fourth-order valence-electron chi connectivity index (χ4n) is 2.67. The number of hydrogen-bond donors (Lipinski definition) is 1. The van der Waals surface area contributed by atoms with Gasteiger partial charge in [0.05, 0.1) is 12.2 Å². The summed E-state index contributed by atoms with van der Waals surface area (Å²) in [4.78, 5) is 15.7. The lowest BCUT2D eigenvalue weighted by Crippen LogP contribution is -2.37. The first-order valence-corrected chi connectivity index (χ1v) is 6.80. The molecule has 0 spiro atoms.